The molecule has 0 N–H and O–H groups in total. The molecule has 13 rings (SSSR count). The van der Waals surface area contributed by atoms with Crippen molar-refractivity contribution in [2.24, 2.45) is 0 Å². The van der Waals surface area contributed by atoms with E-state index in [1.807, 2.05) is 11.3 Å². The summed E-state index contributed by atoms with van der Waals surface area (Å²) in [6, 6.07) is 70.0. The number of nitrogens with zero attached hydrogens (tertiary/aromatic N) is 2. The first-order valence-corrected chi connectivity index (χ1v) is 20.2. The Bertz CT molecular complexity index is 3420. The summed E-state index contributed by atoms with van der Waals surface area (Å²) in [6.45, 7) is -0.0378. The minimum absolute atomic E-state index is 0.0378. The van der Waals surface area contributed by atoms with Gasteiger partial charge >= 0.3 is 6.85 Å². The Morgan fingerprint density at radius 1 is 0.446 bits per heavy atom. The zero-order chi connectivity index (χ0) is 36.5. The van der Waals surface area contributed by atoms with E-state index in [9.17, 15) is 0 Å². The lowest BCUT2D eigenvalue weighted by atomic mass is 9.45. The van der Waals surface area contributed by atoms with Crippen LogP contribution in [0.25, 0.3) is 86.1 Å². The third kappa shape index (κ3) is 4.11. The highest BCUT2D eigenvalue weighted by Crippen LogP contribution is 2.51. The van der Waals surface area contributed by atoms with Crippen molar-refractivity contribution in [1.82, 2.24) is 4.48 Å². The molecule has 2 aliphatic heterocycles. The number of para-hydroxylation sites is 1. The van der Waals surface area contributed by atoms with Crippen LogP contribution in [-0.4, -0.2) is 11.3 Å². The summed E-state index contributed by atoms with van der Waals surface area (Å²) in [4.78, 5) is 2.55. The lowest BCUT2D eigenvalue weighted by Crippen LogP contribution is -2.56. The smallest absolute Gasteiger partial charge is 0.333 e. The van der Waals surface area contributed by atoms with Gasteiger partial charge in [0.25, 0.3) is 0 Å². The molecule has 4 heteroatoms. The fourth-order valence-corrected chi connectivity index (χ4v) is 11.2. The topological polar surface area (TPSA) is 8.17 Å². The van der Waals surface area contributed by atoms with E-state index in [1.54, 1.807) is 0 Å². The number of benzene rings is 9. The average molecular weight is 727 g/mol. The summed E-state index contributed by atoms with van der Waals surface area (Å²) in [6.07, 6.45) is 0. The maximum absolute atomic E-state index is 2.70. The molecule has 258 valence electrons. The molecule has 0 fully saturated rings. The van der Waals surface area contributed by atoms with Crippen LogP contribution in [-0.2, 0) is 0 Å². The van der Waals surface area contributed by atoms with Crippen molar-refractivity contribution in [2.75, 3.05) is 4.90 Å². The van der Waals surface area contributed by atoms with Gasteiger partial charge < -0.3 is 9.38 Å². The molecule has 2 nitrogen and oxygen atoms in total. The normalized spacial score (nSPS) is 12.9. The third-order valence-corrected chi connectivity index (χ3v) is 13.5. The van der Waals surface area contributed by atoms with Crippen molar-refractivity contribution < 1.29 is 0 Å². The van der Waals surface area contributed by atoms with Crippen molar-refractivity contribution >= 4 is 98.9 Å². The Morgan fingerprint density at radius 3 is 1.91 bits per heavy atom. The molecule has 9 aromatic carbocycles. The monoisotopic (exact) mass is 726 g/mol. The first kappa shape index (κ1) is 30.5. The van der Waals surface area contributed by atoms with Gasteiger partial charge in [-0.3, -0.25) is 0 Å². The number of fused-ring (bicyclic) bond motifs is 12. The molecule has 4 heterocycles. The summed E-state index contributed by atoms with van der Waals surface area (Å²) in [7, 11) is 0. The Hall–Kier alpha value is -6.88. The predicted octanol–water partition coefficient (Wildman–Crippen LogP) is 13.1. The van der Waals surface area contributed by atoms with Crippen LogP contribution in [0.2, 0.25) is 0 Å². The largest absolute Gasteiger partial charge is 0.375 e. The highest BCUT2D eigenvalue weighted by Gasteiger charge is 2.44. The van der Waals surface area contributed by atoms with E-state index in [2.05, 4.69) is 197 Å². The van der Waals surface area contributed by atoms with Gasteiger partial charge in [0, 0.05) is 70.2 Å². The molecule has 0 bridgehead atoms. The molecule has 0 amide bonds. The van der Waals surface area contributed by atoms with Gasteiger partial charge in [-0.25, -0.2) is 0 Å². The van der Waals surface area contributed by atoms with Gasteiger partial charge in [0.1, 0.15) is 0 Å². The third-order valence-electron chi connectivity index (χ3n) is 12.3. The van der Waals surface area contributed by atoms with Gasteiger partial charge in [0.2, 0.25) is 0 Å². The van der Waals surface area contributed by atoms with Crippen LogP contribution >= 0.6 is 11.3 Å². The number of rotatable bonds is 3. The first-order chi connectivity index (χ1) is 27.8. The Morgan fingerprint density at radius 2 is 1.11 bits per heavy atom. The van der Waals surface area contributed by atoms with Crippen LogP contribution in [0.5, 0.6) is 0 Å². The highest BCUT2D eigenvalue weighted by molar-refractivity contribution is 7.26. The van der Waals surface area contributed by atoms with Crippen molar-refractivity contribution in [3.05, 3.63) is 188 Å². The molecule has 2 aliphatic rings. The van der Waals surface area contributed by atoms with E-state index < -0.39 is 0 Å². The number of aromatic nitrogens is 1. The van der Waals surface area contributed by atoms with Gasteiger partial charge in [0.15, 0.2) is 0 Å². The molecule has 0 spiro atoms. The average Bonchev–Trinajstić information content (AvgIpc) is 3.80. The Kier molecular flexibility index (Phi) is 6.16. The molecular weight excluding hydrogens is 695 g/mol. The molecule has 0 saturated carbocycles. The van der Waals surface area contributed by atoms with Crippen LogP contribution in [0.1, 0.15) is 0 Å². The maximum atomic E-state index is 2.70. The van der Waals surface area contributed by atoms with Crippen LogP contribution in [0, 0.1) is 0 Å². The quantitative estimate of drug-likeness (QED) is 0.165. The Balaban J connectivity index is 1.19. The van der Waals surface area contributed by atoms with E-state index in [-0.39, 0.29) is 6.85 Å². The molecule has 0 aliphatic carbocycles. The summed E-state index contributed by atoms with van der Waals surface area (Å²) < 4.78 is 5.39. The van der Waals surface area contributed by atoms with Crippen molar-refractivity contribution in [2.45, 2.75) is 0 Å². The van der Waals surface area contributed by atoms with E-state index in [4.69, 9.17) is 0 Å². The van der Waals surface area contributed by atoms with Crippen LogP contribution in [0.3, 0.4) is 0 Å². The van der Waals surface area contributed by atoms with E-state index >= 15 is 0 Å². The molecule has 0 radical (unpaired) electrons. The first-order valence-electron chi connectivity index (χ1n) is 19.4. The van der Waals surface area contributed by atoms with E-state index in [1.165, 1.54) is 108 Å². The SMILES string of the molecule is c1ccc(-c2ccc(N3c4ccc(-c5ccccc5)cc4B4c5c3cc3c(sc6ccccc63)c5-c3cccc5c6cc7ccccc7cc6n4c35)cc2)cc1. The van der Waals surface area contributed by atoms with Crippen molar-refractivity contribution in [3.8, 4) is 33.4 Å². The minimum Gasteiger partial charge on any atom is -0.375 e. The number of hydrogen-bond acceptors (Lipinski definition) is 2. The molecule has 0 saturated heterocycles. The Labute approximate surface area is 328 Å². The molecule has 11 aromatic rings. The van der Waals surface area contributed by atoms with Gasteiger partial charge in [-0.1, -0.05) is 146 Å². The molecule has 56 heavy (non-hydrogen) atoms. The van der Waals surface area contributed by atoms with E-state index in [0.717, 1.165) is 5.69 Å². The second kappa shape index (κ2) is 11.3. The fourth-order valence-electron chi connectivity index (χ4n) is 9.90. The zero-order valence-corrected chi connectivity index (χ0v) is 31.1. The molecule has 0 atom stereocenters. The summed E-state index contributed by atoms with van der Waals surface area (Å²) in [5, 5.41) is 7.79. The van der Waals surface area contributed by atoms with E-state index in [0.29, 0.717) is 0 Å². The van der Waals surface area contributed by atoms with Crippen LogP contribution in [0.15, 0.2) is 188 Å². The van der Waals surface area contributed by atoms with Gasteiger partial charge in [-0.2, -0.15) is 0 Å². The lowest BCUT2D eigenvalue weighted by molar-refractivity contribution is 1.26. The number of hydrogen-bond donors (Lipinski definition) is 0. The molecule has 0 unspecified atom stereocenters. The summed E-state index contributed by atoms with van der Waals surface area (Å²) >= 11 is 1.94. The molecular formula is C52H31BN2S. The highest BCUT2D eigenvalue weighted by atomic mass is 32.1. The van der Waals surface area contributed by atoms with Crippen molar-refractivity contribution in [3.63, 3.8) is 0 Å². The van der Waals surface area contributed by atoms with Crippen molar-refractivity contribution in [1.29, 1.82) is 0 Å². The standard InChI is InChI=1S/C52H31BN2S/c1-3-12-32(13-4-1)34-22-25-38(26-23-34)54-45-27-24-37(33-14-5-2-6-15-33)29-44(45)53-50-47(54)31-43-39-18-9-10-21-48(39)56-52(43)49(50)41-20-11-19-40-42-28-35-16-7-8-17-36(35)30-46(42)55(53)51(40)41/h1-31H. The van der Waals surface area contributed by atoms with Gasteiger partial charge in [0.05, 0.1) is 0 Å². The zero-order valence-electron chi connectivity index (χ0n) is 30.3. The predicted molar refractivity (Wildman–Crippen MR) is 241 cm³/mol. The second-order valence-electron chi connectivity index (χ2n) is 15.2. The van der Waals surface area contributed by atoms with Gasteiger partial charge in [-0.15, -0.1) is 11.3 Å². The number of thiophene rings is 1. The lowest BCUT2D eigenvalue weighted by Gasteiger charge is -2.41. The number of anilines is 3. The summed E-state index contributed by atoms with van der Waals surface area (Å²) in [5.41, 5.74) is 16.5. The summed E-state index contributed by atoms with van der Waals surface area (Å²) in [5.74, 6) is 0. The molecule has 2 aromatic heterocycles. The fraction of sp³-hybridized carbons (Fsp3) is 0. The minimum atomic E-state index is -0.0378. The van der Waals surface area contributed by atoms with Crippen LogP contribution in [0.4, 0.5) is 17.1 Å². The van der Waals surface area contributed by atoms with Gasteiger partial charge in [-0.05, 0) is 86.4 Å². The van der Waals surface area contributed by atoms with Crippen LogP contribution < -0.4 is 15.8 Å². The maximum Gasteiger partial charge on any atom is 0.333 e. The second-order valence-corrected chi connectivity index (χ2v) is 16.3.